The Morgan fingerprint density at radius 2 is 2.00 bits per heavy atom. The highest BCUT2D eigenvalue weighted by Crippen LogP contribution is 2.36. The number of hydrogen-bond donors (Lipinski definition) is 1. The van der Waals surface area contributed by atoms with Gasteiger partial charge in [-0.3, -0.25) is 9.59 Å². The van der Waals surface area contributed by atoms with Crippen molar-refractivity contribution in [3.63, 3.8) is 0 Å². The summed E-state index contributed by atoms with van der Waals surface area (Å²) in [6, 6.07) is 0. The van der Waals surface area contributed by atoms with Gasteiger partial charge < -0.3 is 10.1 Å². The van der Waals surface area contributed by atoms with Gasteiger partial charge in [0.2, 0.25) is 11.8 Å². The van der Waals surface area contributed by atoms with E-state index >= 15 is 0 Å². The number of hydrogen-bond acceptors (Lipinski definition) is 3. The third kappa shape index (κ3) is 4.51. The van der Waals surface area contributed by atoms with Crippen LogP contribution in [-0.2, 0) is 14.3 Å². The molecule has 1 aliphatic carbocycles. The topological polar surface area (TPSA) is 55.4 Å². The Labute approximate surface area is 113 Å². The van der Waals surface area contributed by atoms with Crippen LogP contribution in [0.4, 0.5) is 8.78 Å². The zero-order valence-electron chi connectivity index (χ0n) is 10.0. The Hall–Kier alpha value is -0.720. The second-order valence-electron chi connectivity index (χ2n) is 4.37. The first-order chi connectivity index (χ1) is 8.35. The number of carbonyl (C=O) groups excluding carboxylic acids is 2. The molecule has 1 aliphatic rings. The quantitative estimate of drug-likeness (QED) is 0.633. The SMILES string of the molecule is COC(=O)C(Br)CNC(=O)C1CCC(F)(F)CC1. The van der Waals surface area contributed by atoms with Crippen molar-refractivity contribution in [3.8, 4) is 0 Å². The summed E-state index contributed by atoms with van der Waals surface area (Å²) in [6.07, 6.45) is -0.131. The van der Waals surface area contributed by atoms with E-state index in [2.05, 4.69) is 26.0 Å². The van der Waals surface area contributed by atoms with Crippen molar-refractivity contribution in [1.82, 2.24) is 5.32 Å². The second kappa shape index (κ2) is 6.45. The van der Waals surface area contributed by atoms with E-state index in [4.69, 9.17) is 0 Å². The number of carbonyl (C=O) groups is 2. The largest absolute Gasteiger partial charge is 0.468 e. The predicted octanol–water partition coefficient (Wildman–Crippen LogP) is 1.86. The normalized spacial score (nSPS) is 21.1. The van der Waals surface area contributed by atoms with Gasteiger partial charge in [0.05, 0.1) is 7.11 Å². The van der Waals surface area contributed by atoms with Gasteiger partial charge in [0.25, 0.3) is 0 Å². The molecule has 0 saturated heterocycles. The van der Waals surface area contributed by atoms with Crippen molar-refractivity contribution >= 4 is 27.8 Å². The summed E-state index contributed by atoms with van der Waals surface area (Å²) in [7, 11) is 1.25. The lowest BCUT2D eigenvalue weighted by atomic mass is 9.86. The summed E-state index contributed by atoms with van der Waals surface area (Å²) in [5.74, 6) is -3.79. The summed E-state index contributed by atoms with van der Waals surface area (Å²) in [4.78, 5) is 22.1. The lowest BCUT2D eigenvalue weighted by Gasteiger charge is -2.27. The number of nitrogens with one attached hydrogen (secondary N) is 1. The number of esters is 1. The highest BCUT2D eigenvalue weighted by molar-refractivity contribution is 9.10. The van der Waals surface area contributed by atoms with Crippen LogP contribution in [0.15, 0.2) is 0 Å². The Bertz CT molecular complexity index is 315. The van der Waals surface area contributed by atoms with Crippen molar-refractivity contribution in [2.24, 2.45) is 5.92 Å². The van der Waals surface area contributed by atoms with Crippen LogP contribution in [0.25, 0.3) is 0 Å². The Morgan fingerprint density at radius 1 is 1.44 bits per heavy atom. The average Bonchev–Trinajstić information content (AvgIpc) is 2.34. The number of alkyl halides is 3. The van der Waals surface area contributed by atoms with Crippen molar-refractivity contribution in [3.05, 3.63) is 0 Å². The number of ether oxygens (including phenoxy) is 1. The van der Waals surface area contributed by atoms with Crippen molar-refractivity contribution in [1.29, 1.82) is 0 Å². The van der Waals surface area contributed by atoms with Gasteiger partial charge >= 0.3 is 5.97 Å². The third-order valence-electron chi connectivity index (χ3n) is 3.00. The zero-order chi connectivity index (χ0) is 13.8. The summed E-state index contributed by atoms with van der Waals surface area (Å²) >= 11 is 3.06. The molecule has 1 saturated carbocycles. The summed E-state index contributed by atoms with van der Waals surface area (Å²) in [6.45, 7) is 0.0956. The zero-order valence-corrected chi connectivity index (χ0v) is 11.6. The van der Waals surface area contributed by atoms with E-state index in [9.17, 15) is 18.4 Å². The smallest absolute Gasteiger partial charge is 0.321 e. The van der Waals surface area contributed by atoms with E-state index in [-0.39, 0.29) is 44.1 Å². The van der Waals surface area contributed by atoms with E-state index in [1.807, 2.05) is 0 Å². The number of amides is 1. The van der Waals surface area contributed by atoms with Crippen LogP contribution in [0.2, 0.25) is 0 Å². The maximum atomic E-state index is 12.9. The molecule has 18 heavy (non-hydrogen) atoms. The number of rotatable bonds is 4. The number of halogens is 3. The van der Waals surface area contributed by atoms with E-state index < -0.39 is 16.7 Å². The maximum absolute atomic E-state index is 12.9. The highest BCUT2D eigenvalue weighted by Gasteiger charge is 2.37. The van der Waals surface area contributed by atoms with Gasteiger partial charge in [0.1, 0.15) is 4.83 Å². The first kappa shape index (κ1) is 15.3. The minimum Gasteiger partial charge on any atom is -0.468 e. The first-order valence-electron chi connectivity index (χ1n) is 5.73. The van der Waals surface area contributed by atoms with Crippen molar-refractivity contribution in [2.75, 3.05) is 13.7 Å². The van der Waals surface area contributed by atoms with Crippen LogP contribution in [0.3, 0.4) is 0 Å². The lowest BCUT2D eigenvalue weighted by molar-refractivity contribution is -0.139. The van der Waals surface area contributed by atoms with Crippen molar-refractivity contribution in [2.45, 2.75) is 36.4 Å². The fourth-order valence-corrected chi connectivity index (χ4v) is 2.20. The Balaban J connectivity index is 2.32. The van der Waals surface area contributed by atoms with Crippen LogP contribution >= 0.6 is 15.9 Å². The molecule has 1 N–H and O–H groups in total. The molecule has 0 bridgehead atoms. The predicted molar refractivity (Wildman–Crippen MR) is 64.6 cm³/mol. The molecule has 104 valence electrons. The molecule has 0 aromatic rings. The second-order valence-corrected chi connectivity index (χ2v) is 5.47. The Morgan fingerprint density at radius 3 is 2.50 bits per heavy atom. The van der Waals surface area contributed by atoms with E-state index in [1.54, 1.807) is 0 Å². The van der Waals surface area contributed by atoms with Gasteiger partial charge in [-0.1, -0.05) is 15.9 Å². The van der Waals surface area contributed by atoms with E-state index in [1.165, 1.54) is 7.11 Å². The molecule has 1 atom stereocenters. The molecular weight excluding hydrogens is 312 g/mol. The molecule has 1 fully saturated rings. The standard InChI is InChI=1S/C11H16BrF2NO3/c1-18-10(17)8(12)6-15-9(16)7-2-4-11(13,14)5-3-7/h7-8H,2-6H2,1H3,(H,15,16). The fourth-order valence-electron chi connectivity index (χ4n) is 1.85. The fraction of sp³-hybridized carbons (Fsp3) is 0.818. The van der Waals surface area contributed by atoms with Crippen LogP contribution in [0.5, 0.6) is 0 Å². The van der Waals surface area contributed by atoms with Crippen LogP contribution in [0.1, 0.15) is 25.7 Å². The highest BCUT2D eigenvalue weighted by atomic mass is 79.9. The molecule has 0 aromatic carbocycles. The molecule has 1 rings (SSSR count). The van der Waals surface area contributed by atoms with Gasteiger partial charge in [0, 0.05) is 25.3 Å². The van der Waals surface area contributed by atoms with Crippen LogP contribution < -0.4 is 5.32 Å². The molecule has 1 unspecified atom stereocenters. The molecule has 4 nitrogen and oxygen atoms in total. The van der Waals surface area contributed by atoms with Gasteiger partial charge in [0.15, 0.2) is 0 Å². The van der Waals surface area contributed by atoms with Crippen LogP contribution in [-0.4, -0.2) is 36.3 Å². The number of methoxy groups -OCH3 is 1. The summed E-state index contributed by atoms with van der Waals surface area (Å²) in [5.41, 5.74) is 0. The van der Waals surface area contributed by atoms with Gasteiger partial charge in [-0.25, -0.2) is 8.78 Å². The van der Waals surface area contributed by atoms with Crippen LogP contribution in [0, 0.1) is 5.92 Å². The molecule has 0 aliphatic heterocycles. The van der Waals surface area contributed by atoms with Gasteiger partial charge in [-0.2, -0.15) is 0 Å². The molecule has 0 spiro atoms. The van der Waals surface area contributed by atoms with Crippen molar-refractivity contribution < 1.29 is 23.1 Å². The van der Waals surface area contributed by atoms with E-state index in [0.717, 1.165) is 0 Å². The molecule has 7 heteroatoms. The third-order valence-corrected chi connectivity index (χ3v) is 3.70. The molecule has 0 aromatic heterocycles. The van der Waals surface area contributed by atoms with E-state index in [0.29, 0.717) is 0 Å². The van der Waals surface area contributed by atoms with Gasteiger partial charge in [-0.05, 0) is 12.8 Å². The molecular formula is C11H16BrF2NO3. The first-order valence-corrected chi connectivity index (χ1v) is 6.65. The minimum absolute atomic E-state index is 0.0956. The summed E-state index contributed by atoms with van der Waals surface area (Å²) in [5, 5.41) is 2.56. The van der Waals surface area contributed by atoms with Gasteiger partial charge in [-0.15, -0.1) is 0 Å². The lowest BCUT2D eigenvalue weighted by Crippen LogP contribution is -2.40. The average molecular weight is 328 g/mol. The molecule has 1 amide bonds. The Kier molecular flexibility index (Phi) is 5.49. The minimum atomic E-state index is -2.64. The monoisotopic (exact) mass is 327 g/mol. The maximum Gasteiger partial charge on any atom is 0.321 e. The summed E-state index contributed by atoms with van der Waals surface area (Å²) < 4.78 is 30.3. The molecule has 0 heterocycles. The molecule has 0 radical (unpaired) electrons.